The van der Waals surface area contributed by atoms with Crippen molar-refractivity contribution in [1.29, 1.82) is 0 Å². The van der Waals surface area contributed by atoms with Crippen LogP contribution in [0.25, 0.3) is 0 Å². The Morgan fingerprint density at radius 2 is 1.81 bits per heavy atom. The average Bonchev–Trinajstić information content (AvgIpc) is 2.45. The summed E-state index contributed by atoms with van der Waals surface area (Å²) in [6.07, 6.45) is 0. The fourth-order valence-corrected chi connectivity index (χ4v) is 2.15. The van der Waals surface area contributed by atoms with Crippen LogP contribution in [0.3, 0.4) is 0 Å². The topological polar surface area (TPSA) is 66.4 Å². The molecule has 4 nitrogen and oxygen atoms in total. The largest absolute Gasteiger partial charge is 0.479 e. The summed E-state index contributed by atoms with van der Waals surface area (Å²) in [7, 11) is 0. The van der Waals surface area contributed by atoms with Crippen LogP contribution in [-0.4, -0.2) is 17.0 Å². The molecule has 0 unspecified atom stereocenters. The van der Waals surface area contributed by atoms with Crippen LogP contribution < -0.4 is 5.32 Å². The Balaban J connectivity index is 2.25. The zero-order valence-electron chi connectivity index (χ0n) is 10.7. The minimum atomic E-state index is -1.23. The van der Waals surface area contributed by atoms with Gasteiger partial charge >= 0.3 is 5.97 Å². The third kappa shape index (κ3) is 3.66. The van der Waals surface area contributed by atoms with Crippen molar-refractivity contribution in [3.63, 3.8) is 0 Å². The van der Waals surface area contributed by atoms with Gasteiger partial charge in [-0.3, -0.25) is 4.79 Å². The lowest BCUT2D eigenvalue weighted by Crippen LogP contribution is -2.34. The average molecular weight is 352 g/mol. The fraction of sp³-hybridized carbons (Fsp3) is 0.0667. The molecule has 0 fully saturated rings. The molecule has 21 heavy (non-hydrogen) atoms. The number of halogens is 2. The Morgan fingerprint density at radius 1 is 1.14 bits per heavy atom. The summed E-state index contributed by atoms with van der Waals surface area (Å²) >= 11 is 3.09. The fourth-order valence-electron chi connectivity index (χ4n) is 1.82. The summed E-state index contributed by atoms with van der Waals surface area (Å²) < 4.78 is 14.2. The van der Waals surface area contributed by atoms with E-state index in [1.807, 2.05) is 0 Å². The number of nitrogens with one attached hydrogen (secondary N) is 1. The van der Waals surface area contributed by atoms with Crippen molar-refractivity contribution >= 4 is 27.8 Å². The lowest BCUT2D eigenvalue weighted by molar-refractivity contribution is -0.139. The van der Waals surface area contributed by atoms with Gasteiger partial charge in [-0.05, 0) is 23.8 Å². The molecule has 2 rings (SSSR count). The van der Waals surface area contributed by atoms with Gasteiger partial charge in [-0.25, -0.2) is 9.18 Å². The van der Waals surface area contributed by atoms with Gasteiger partial charge in [0.05, 0.1) is 5.56 Å². The lowest BCUT2D eigenvalue weighted by Gasteiger charge is -2.15. The minimum absolute atomic E-state index is 0.208. The highest BCUT2D eigenvalue weighted by molar-refractivity contribution is 9.10. The molecule has 0 heterocycles. The zero-order chi connectivity index (χ0) is 15.4. The molecule has 1 amide bonds. The van der Waals surface area contributed by atoms with Gasteiger partial charge in [-0.2, -0.15) is 0 Å². The summed E-state index contributed by atoms with van der Waals surface area (Å²) in [5.41, 5.74) is 0.205. The number of carboxylic acids is 1. The third-order valence-electron chi connectivity index (χ3n) is 2.83. The summed E-state index contributed by atoms with van der Waals surface area (Å²) in [5.74, 6) is -2.72. The van der Waals surface area contributed by atoms with E-state index in [1.165, 1.54) is 12.1 Å². The summed E-state index contributed by atoms with van der Waals surface area (Å²) in [6.45, 7) is 0. The van der Waals surface area contributed by atoms with E-state index in [1.54, 1.807) is 30.3 Å². The smallest absolute Gasteiger partial charge is 0.330 e. The maximum atomic E-state index is 13.7. The molecule has 0 aliphatic heterocycles. The van der Waals surface area contributed by atoms with Gasteiger partial charge in [0.25, 0.3) is 5.91 Å². The van der Waals surface area contributed by atoms with Crippen molar-refractivity contribution in [3.05, 3.63) is 69.9 Å². The molecule has 0 aliphatic rings. The number of carbonyl (C=O) groups is 2. The molecule has 0 aromatic heterocycles. The summed E-state index contributed by atoms with van der Waals surface area (Å²) in [4.78, 5) is 23.3. The number of aliphatic carboxylic acids is 1. The first-order valence-corrected chi connectivity index (χ1v) is 6.82. The molecule has 0 saturated carbocycles. The van der Waals surface area contributed by atoms with Crippen LogP contribution in [0.5, 0.6) is 0 Å². The van der Waals surface area contributed by atoms with Gasteiger partial charge < -0.3 is 10.4 Å². The monoisotopic (exact) mass is 351 g/mol. The van der Waals surface area contributed by atoms with Gasteiger partial charge in [0.2, 0.25) is 0 Å². The van der Waals surface area contributed by atoms with E-state index in [4.69, 9.17) is 0 Å². The number of benzene rings is 2. The SMILES string of the molecule is O=C(N[C@H](C(=O)O)c1ccccc1)c1ccc(Br)cc1F. The van der Waals surface area contributed by atoms with E-state index in [-0.39, 0.29) is 5.56 Å². The second kappa shape index (κ2) is 6.49. The van der Waals surface area contributed by atoms with Crippen LogP contribution in [-0.2, 0) is 4.79 Å². The lowest BCUT2D eigenvalue weighted by atomic mass is 10.1. The molecule has 1 atom stereocenters. The molecular weight excluding hydrogens is 341 g/mol. The molecule has 108 valence electrons. The summed E-state index contributed by atoms with van der Waals surface area (Å²) in [5, 5.41) is 11.5. The van der Waals surface area contributed by atoms with Gasteiger partial charge in [-0.1, -0.05) is 46.3 Å². The molecule has 0 aliphatic carbocycles. The predicted octanol–water partition coefficient (Wildman–Crippen LogP) is 3.14. The van der Waals surface area contributed by atoms with Crippen molar-refractivity contribution in [2.24, 2.45) is 0 Å². The molecule has 0 spiro atoms. The number of rotatable bonds is 4. The highest BCUT2D eigenvalue weighted by Crippen LogP contribution is 2.18. The van der Waals surface area contributed by atoms with Crippen LogP contribution in [0.4, 0.5) is 4.39 Å². The van der Waals surface area contributed by atoms with Gasteiger partial charge in [0, 0.05) is 4.47 Å². The molecule has 2 N–H and O–H groups in total. The minimum Gasteiger partial charge on any atom is -0.479 e. The van der Waals surface area contributed by atoms with Crippen LogP contribution >= 0.6 is 15.9 Å². The number of carboxylic acid groups (broad SMARTS) is 1. The number of hydrogen-bond donors (Lipinski definition) is 2. The van der Waals surface area contributed by atoms with E-state index in [0.29, 0.717) is 10.0 Å². The molecule has 0 radical (unpaired) electrons. The van der Waals surface area contributed by atoms with Crippen molar-refractivity contribution in [1.82, 2.24) is 5.32 Å². The van der Waals surface area contributed by atoms with Crippen LogP contribution in [0.1, 0.15) is 22.0 Å². The normalized spacial score (nSPS) is 11.7. The Kier molecular flexibility index (Phi) is 4.70. The van der Waals surface area contributed by atoms with E-state index in [2.05, 4.69) is 21.2 Å². The first kappa shape index (κ1) is 15.2. The van der Waals surface area contributed by atoms with Gasteiger partial charge in [-0.15, -0.1) is 0 Å². The van der Waals surface area contributed by atoms with E-state index < -0.39 is 23.7 Å². The molecule has 0 bridgehead atoms. The molecular formula is C15H11BrFNO3. The van der Waals surface area contributed by atoms with Crippen LogP contribution in [0.2, 0.25) is 0 Å². The molecule has 2 aromatic rings. The van der Waals surface area contributed by atoms with E-state index in [9.17, 15) is 19.1 Å². The number of hydrogen-bond acceptors (Lipinski definition) is 2. The second-order valence-electron chi connectivity index (χ2n) is 4.28. The Hall–Kier alpha value is -2.21. The van der Waals surface area contributed by atoms with E-state index in [0.717, 1.165) is 6.07 Å². The quantitative estimate of drug-likeness (QED) is 0.889. The molecule has 0 saturated heterocycles. The maximum absolute atomic E-state index is 13.7. The Bertz CT molecular complexity index is 676. The number of carbonyl (C=O) groups excluding carboxylic acids is 1. The third-order valence-corrected chi connectivity index (χ3v) is 3.32. The van der Waals surface area contributed by atoms with Crippen LogP contribution in [0.15, 0.2) is 53.0 Å². The standard InChI is InChI=1S/C15H11BrFNO3/c16-10-6-7-11(12(17)8-10)14(19)18-13(15(20)21)9-4-2-1-3-5-9/h1-8,13H,(H,18,19)(H,20,21)/t13-/m0/s1. The van der Waals surface area contributed by atoms with Crippen molar-refractivity contribution < 1.29 is 19.1 Å². The van der Waals surface area contributed by atoms with Crippen molar-refractivity contribution in [2.45, 2.75) is 6.04 Å². The molecule has 2 aromatic carbocycles. The van der Waals surface area contributed by atoms with Crippen molar-refractivity contribution in [2.75, 3.05) is 0 Å². The second-order valence-corrected chi connectivity index (χ2v) is 5.20. The van der Waals surface area contributed by atoms with Gasteiger partial charge in [0.15, 0.2) is 6.04 Å². The summed E-state index contributed by atoms with van der Waals surface area (Å²) in [6, 6.07) is 10.9. The van der Waals surface area contributed by atoms with Gasteiger partial charge in [0.1, 0.15) is 5.82 Å². The predicted molar refractivity (Wildman–Crippen MR) is 78.4 cm³/mol. The highest BCUT2D eigenvalue weighted by atomic mass is 79.9. The molecule has 6 heteroatoms. The first-order chi connectivity index (χ1) is 9.99. The maximum Gasteiger partial charge on any atom is 0.330 e. The van der Waals surface area contributed by atoms with Crippen LogP contribution in [0, 0.1) is 5.82 Å². The number of amides is 1. The highest BCUT2D eigenvalue weighted by Gasteiger charge is 2.23. The van der Waals surface area contributed by atoms with E-state index >= 15 is 0 Å². The Labute approximate surface area is 128 Å². The Morgan fingerprint density at radius 3 is 2.38 bits per heavy atom. The zero-order valence-corrected chi connectivity index (χ0v) is 12.3. The first-order valence-electron chi connectivity index (χ1n) is 6.02. The van der Waals surface area contributed by atoms with Crippen molar-refractivity contribution in [3.8, 4) is 0 Å².